The molecular formula is C20H33N5O10. The summed E-state index contributed by atoms with van der Waals surface area (Å²) in [4.78, 5) is 81.9. The third-order valence-electron chi connectivity index (χ3n) is 4.65. The average molecular weight is 504 g/mol. The van der Waals surface area contributed by atoms with Crippen molar-refractivity contribution in [3.05, 3.63) is 0 Å². The molecule has 0 aliphatic rings. The van der Waals surface area contributed by atoms with Gasteiger partial charge < -0.3 is 42.7 Å². The third kappa shape index (κ3) is 13.5. The Hall–Kier alpha value is -3.75. The minimum Gasteiger partial charge on any atom is -0.481 e. The van der Waals surface area contributed by atoms with Crippen molar-refractivity contribution in [2.24, 2.45) is 17.4 Å². The Morgan fingerprint density at radius 2 is 1.23 bits per heavy atom. The topological polar surface area (TPSA) is 268 Å². The first kappa shape index (κ1) is 31.2. The fourth-order valence-electron chi connectivity index (χ4n) is 2.86. The maximum absolute atomic E-state index is 12.8. The van der Waals surface area contributed by atoms with Crippen LogP contribution in [0.5, 0.6) is 0 Å². The molecule has 0 bridgehead atoms. The van der Waals surface area contributed by atoms with Gasteiger partial charge in [-0.1, -0.05) is 13.8 Å². The lowest BCUT2D eigenvalue weighted by atomic mass is 10.0. The highest BCUT2D eigenvalue weighted by atomic mass is 16.4. The SMILES string of the molecule is CC(C)CC(NC(=O)C(N)CCC(=O)O)C(=O)NC(CC(=O)O)C(=O)NC(CCC(N)=O)C(=O)O. The zero-order valence-electron chi connectivity index (χ0n) is 19.5. The first-order chi connectivity index (χ1) is 16.1. The first-order valence-electron chi connectivity index (χ1n) is 10.7. The molecule has 4 atom stereocenters. The number of carbonyl (C=O) groups is 7. The second kappa shape index (κ2) is 15.2. The number of nitrogens with two attached hydrogens (primary N) is 2. The minimum atomic E-state index is -1.71. The van der Waals surface area contributed by atoms with Gasteiger partial charge in [-0.2, -0.15) is 0 Å². The molecule has 0 spiro atoms. The molecule has 0 aromatic heterocycles. The van der Waals surface area contributed by atoms with Crippen molar-refractivity contribution in [2.45, 2.75) is 76.5 Å². The Morgan fingerprint density at radius 1 is 0.714 bits per heavy atom. The van der Waals surface area contributed by atoms with Crippen LogP contribution in [0.3, 0.4) is 0 Å². The molecule has 0 aromatic rings. The molecule has 0 heterocycles. The van der Waals surface area contributed by atoms with Gasteiger partial charge in [0, 0.05) is 12.8 Å². The third-order valence-corrected chi connectivity index (χ3v) is 4.65. The number of carboxylic acid groups (broad SMARTS) is 3. The zero-order chi connectivity index (χ0) is 27.3. The molecule has 0 aromatic carbocycles. The van der Waals surface area contributed by atoms with Crippen LogP contribution in [0.2, 0.25) is 0 Å². The van der Waals surface area contributed by atoms with Crippen LogP contribution in [-0.4, -0.2) is 81.0 Å². The van der Waals surface area contributed by atoms with E-state index in [1.54, 1.807) is 13.8 Å². The van der Waals surface area contributed by atoms with E-state index < -0.39 is 72.1 Å². The van der Waals surface area contributed by atoms with Gasteiger partial charge in [-0.3, -0.25) is 28.8 Å². The van der Waals surface area contributed by atoms with Gasteiger partial charge in [-0.05, 0) is 25.2 Å². The number of hydrogen-bond donors (Lipinski definition) is 8. The normalized spacial score (nSPS) is 14.2. The molecule has 10 N–H and O–H groups in total. The number of carboxylic acids is 3. The predicted molar refractivity (Wildman–Crippen MR) is 118 cm³/mol. The standard InChI is InChI=1S/C20H33N5O10/c1-9(2)7-12(24-17(31)10(21)3-6-15(27)28)18(32)25-13(8-16(29)30)19(33)23-11(20(34)35)4-5-14(22)26/h9-13H,3-8,21H2,1-2H3,(H2,22,26)(H,23,33)(H,24,31)(H,25,32)(H,27,28)(H,29,30)(H,34,35). The van der Waals surface area contributed by atoms with Crippen molar-refractivity contribution in [3.63, 3.8) is 0 Å². The quantitative estimate of drug-likeness (QED) is 0.103. The van der Waals surface area contributed by atoms with Gasteiger partial charge in [0.2, 0.25) is 23.6 Å². The number of carbonyl (C=O) groups excluding carboxylic acids is 4. The van der Waals surface area contributed by atoms with E-state index in [1.807, 2.05) is 0 Å². The number of primary amides is 1. The minimum absolute atomic E-state index is 0.0704. The lowest BCUT2D eigenvalue weighted by Gasteiger charge is -2.25. The molecule has 4 unspecified atom stereocenters. The van der Waals surface area contributed by atoms with E-state index in [2.05, 4.69) is 16.0 Å². The first-order valence-corrected chi connectivity index (χ1v) is 10.7. The Kier molecular flexibility index (Phi) is 13.6. The average Bonchev–Trinajstić information content (AvgIpc) is 2.72. The van der Waals surface area contributed by atoms with Crippen LogP contribution in [0.15, 0.2) is 0 Å². The van der Waals surface area contributed by atoms with Crippen LogP contribution in [0.4, 0.5) is 0 Å². The van der Waals surface area contributed by atoms with E-state index in [0.717, 1.165) is 0 Å². The summed E-state index contributed by atoms with van der Waals surface area (Å²) in [6.45, 7) is 3.46. The molecule has 198 valence electrons. The van der Waals surface area contributed by atoms with Crippen molar-refractivity contribution >= 4 is 41.5 Å². The van der Waals surface area contributed by atoms with Crippen molar-refractivity contribution < 1.29 is 48.9 Å². The van der Waals surface area contributed by atoms with Crippen molar-refractivity contribution in [3.8, 4) is 0 Å². The maximum Gasteiger partial charge on any atom is 0.326 e. The molecule has 35 heavy (non-hydrogen) atoms. The monoisotopic (exact) mass is 503 g/mol. The van der Waals surface area contributed by atoms with Gasteiger partial charge in [-0.25, -0.2) is 4.79 Å². The summed E-state index contributed by atoms with van der Waals surface area (Å²) in [7, 11) is 0. The summed E-state index contributed by atoms with van der Waals surface area (Å²) in [5, 5.41) is 33.7. The summed E-state index contributed by atoms with van der Waals surface area (Å²) in [6.07, 6.45) is -2.12. The van der Waals surface area contributed by atoms with Crippen LogP contribution >= 0.6 is 0 Å². The summed E-state index contributed by atoms with van der Waals surface area (Å²) in [5.41, 5.74) is 10.6. The fourth-order valence-corrected chi connectivity index (χ4v) is 2.86. The number of amides is 4. The van der Waals surface area contributed by atoms with E-state index >= 15 is 0 Å². The molecule has 0 aliphatic heterocycles. The lowest BCUT2D eigenvalue weighted by molar-refractivity contribution is -0.144. The molecular weight excluding hydrogens is 470 g/mol. The van der Waals surface area contributed by atoms with Gasteiger partial charge in [0.15, 0.2) is 0 Å². The molecule has 0 saturated carbocycles. The molecule has 0 saturated heterocycles. The predicted octanol–water partition coefficient (Wildman–Crippen LogP) is -2.50. The van der Waals surface area contributed by atoms with Gasteiger partial charge in [0.1, 0.15) is 18.1 Å². The molecule has 0 fully saturated rings. The largest absolute Gasteiger partial charge is 0.481 e. The number of rotatable bonds is 17. The maximum atomic E-state index is 12.8. The van der Waals surface area contributed by atoms with Crippen molar-refractivity contribution in [1.29, 1.82) is 0 Å². The Morgan fingerprint density at radius 3 is 1.69 bits per heavy atom. The van der Waals surface area contributed by atoms with Gasteiger partial charge in [0.05, 0.1) is 12.5 Å². The molecule has 0 aliphatic carbocycles. The number of aliphatic carboxylic acids is 3. The molecule has 0 radical (unpaired) electrons. The molecule has 4 amide bonds. The van der Waals surface area contributed by atoms with Crippen molar-refractivity contribution in [1.82, 2.24) is 16.0 Å². The number of hydrogen-bond acceptors (Lipinski definition) is 8. The summed E-state index contributed by atoms with van der Waals surface area (Å²) < 4.78 is 0. The smallest absolute Gasteiger partial charge is 0.326 e. The van der Waals surface area contributed by atoms with Crippen LogP contribution in [-0.2, 0) is 33.6 Å². The van der Waals surface area contributed by atoms with Crippen molar-refractivity contribution in [2.75, 3.05) is 0 Å². The Bertz CT molecular complexity index is 816. The second-order valence-corrected chi connectivity index (χ2v) is 8.29. The summed E-state index contributed by atoms with van der Waals surface area (Å²) in [6, 6.07) is -5.75. The Balaban J connectivity index is 5.51. The Labute approximate surface area is 201 Å². The number of nitrogens with one attached hydrogen (secondary N) is 3. The van der Waals surface area contributed by atoms with E-state index in [0.29, 0.717) is 0 Å². The van der Waals surface area contributed by atoms with Gasteiger partial charge in [-0.15, -0.1) is 0 Å². The van der Waals surface area contributed by atoms with Crippen LogP contribution in [0.1, 0.15) is 52.4 Å². The second-order valence-electron chi connectivity index (χ2n) is 8.29. The molecule has 0 rings (SSSR count). The summed E-state index contributed by atoms with van der Waals surface area (Å²) >= 11 is 0. The van der Waals surface area contributed by atoms with E-state index in [-0.39, 0.29) is 38.0 Å². The van der Waals surface area contributed by atoms with Gasteiger partial charge in [0.25, 0.3) is 0 Å². The fraction of sp³-hybridized carbons (Fsp3) is 0.650. The highest BCUT2D eigenvalue weighted by Crippen LogP contribution is 2.08. The van der Waals surface area contributed by atoms with Crippen LogP contribution < -0.4 is 27.4 Å². The lowest BCUT2D eigenvalue weighted by Crippen LogP contribution is -2.57. The molecule has 15 nitrogen and oxygen atoms in total. The van der Waals surface area contributed by atoms with E-state index in [9.17, 15) is 38.7 Å². The zero-order valence-corrected chi connectivity index (χ0v) is 19.5. The van der Waals surface area contributed by atoms with E-state index in [4.69, 9.17) is 21.7 Å². The molecule has 15 heteroatoms. The van der Waals surface area contributed by atoms with Crippen LogP contribution in [0, 0.1) is 5.92 Å². The van der Waals surface area contributed by atoms with Crippen LogP contribution in [0.25, 0.3) is 0 Å². The van der Waals surface area contributed by atoms with E-state index in [1.165, 1.54) is 0 Å². The van der Waals surface area contributed by atoms with Gasteiger partial charge >= 0.3 is 17.9 Å². The summed E-state index contributed by atoms with van der Waals surface area (Å²) in [5.74, 6) is -7.97. The highest BCUT2D eigenvalue weighted by Gasteiger charge is 2.32. The highest BCUT2D eigenvalue weighted by molar-refractivity contribution is 5.95.